The van der Waals surface area contributed by atoms with Gasteiger partial charge in [0.1, 0.15) is 0 Å². The zero-order valence-electron chi connectivity index (χ0n) is 13.7. The highest BCUT2D eigenvalue weighted by Gasteiger charge is 2.42. The molecule has 1 aliphatic carbocycles. The molecule has 8 heteroatoms. The van der Waals surface area contributed by atoms with E-state index >= 15 is 0 Å². The van der Waals surface area contributed by atoms with Crippen molar-refractivity contribution in [3.8, 4) is 0 Å². The van der Waals surface area contributed by atoms with E-state index in [2.05, 4.69) is 0 Å². The number of amides is 4. The van der Waals surface area contributed by atoms with Gasteiger partial charge in [-0.15, -0.1) is 11.8 Å². The van der Waals surface area contributed by atoms with Crippen LogP contribution in [0.15, 0.2) is 0 Å². The number of nitrogens with zero attached hydrogens (tertiary/aromatic N) is 2. The molecule has 4 amide bonds. The topological polar surface area (TPSA) is 74.8 Å². The van der Waals surface area contributed by atoms with Crippen molar-refractivity contribution in [1.29, 1.82) is 0 Å². The van der Waals surface area contributed by atoms with E-state index in [1.54, 1.807) is 18.0 Å². The quantitative estimate of drug-likeness (QED) is 0.656. The fourth-order valence-corrected chi connectivity index (χ4v) is 5.71. The first kappa shape index (κ1) is 17.8. The summed E-state index contributed by atoms with van der Waals surface area (Å²) in [6, 6.07) is 0. The van der Waals surface area contributed by atoms with E-state index < -0.39 is 0 Å². The number of hydrogen-bond acceptors (Lipinski definition) is 6. The van der Waals surface area contributed by atoms with Crippen LogP contribution in [0.25, 0.3) is 0 Å². The third-order valence-electron chi connectivity index (χ3n) is 4.90. The van der Waals surface area contributed by atoms with Crippen LogP contribution in [0.2, 0.25) is 0 Å². The molecule has 0 aromatic rings. The second kappa shape index (κ2) is 7.47. The van der Waals surface area contributed by atoms with E-state index in [0.717, 1.165) is 12.8 Å². The van der Waals surface area contributed by atoms with Crippen LogP contribution >= 0.6 is 23.5 Å². The molecule has 0 aromatic carbocycles. The molecule has 0 spiro atoms. The molecule has 2 heterocycles. The molecular formula is C16H22N2O4S2. The second-order valence-electron chi connectivity index (χ2n) is 6.43. The number of thioether (sulfide) groups is 2. The Hall–Kier alpha value is -1.02. The average molecular weight is 370 g/mol. The third kappa shape index (κ3) is 3.49. The van der Waals surface area contributed by atoms with Crippen molar-refractivity contribution in [3.05, 3.63) is 0 Å². The Morgan fingerprint density at radius 2 is 1.38 bits per heavy atom. The zero-order valence-corrected chi connectivity index (χ0v) is 15.4. The summed E-state index contributed by atoms with van der Waals surface area (Å²) >= 11 is 2.99. The molecule has 1 saturated carbocycles. The number of likely N-dealkylation sites (tertiary alicyclic amines) is 2. The molecule has 2 saturated heterocycles. The minimum absolute atomic E-state index is 0.118. The summed E-state index contributed by atoms with van der Waals surface area (Å²) in [6.07, 6.45) is 6.90. The molecule has 3 aliphatic rings. The van der Waals surface area contributed by atoms with Gasteiger partial charge in [0.2, 0.25) is 23.6 Å². The van der Waals surface area contributed by atoms with Crippen molar-refractivity contribution in [2.24, 2.45) is 0 Å². The predicted molar refractivity (Wildman–Crippen MR) is 93.6 cm³/mol. The van der Waals surface area contributed by atoms with E-state index in [-0.39, 0.29) is 60.1 Å². The van der Waals surface area contributed by atoms with E-state index in [9.17, 15) is 19.2 Å². The molecule has 3 fully saturated rings. The number of carbonyl (C=O) groups excluding carboxylic acids is 4. The molecule has 3 rings (SSSR count). The fourth-order valence-electron chi connectivity index (χ4n) is 3.52. The van der Waals surface area contributed by atoms with Gasteiger partial charge < -0.3 is 0 Å². The molecular weight excluding hydrogens is 348 g/mol. The number of hydrogen-bond donors (Lipinski definition) is 0. The summed E-state index contributed by atoms with van der Waals surface area (Å²) in [4.78, 5) is 51.1. The second-order valence-corrected chi connectivity index (χ2v) is 8.98. The van der Waals surface area contributed by atoms with Gasteiger partial charge in [-0.1, -0.05) is 12.8 Å². The van der Waals surface area contributed by atoms with Gasteiger partial charge in [-0.2, -0.15) is 11.8 Å². The summed E-state index contributed by atoms with van der Waals surface area (Å²) in [5.41, 5.74) is 0. The Balaban J connectivity index is 1.55. The maximum atomic E-state index is 12.5. The van der Waals surface area contributed by atoms with E-state index in [1.807, 2.05) is 0 Å². The number of rotatable bonds is 6. The lowest BCUT2D eigenvalue weighted by atomic mass is 10.3. The first-order valence-electron chi connectivity index (χ1n) is 8.38. The lowest BCUT2D eigenvalue weighted by molar-refractivity contribution is -0.143. The highest BCUT2D eigenvalue weighted by molar-refractivity contribution is 8.01. The van der Waals surface area contributed by atoms with Gasteiger partial charge in [-0.3, -0.25) is 29.0 Å². The Bertz CT molecular complexity index is 562. The van der Waals surface area contributed by atoms with Gasteiger partial charge in [0, 0.05) is 31.2 Å². The van der Waals surface area contributed by atoms with Gasteiger partial charge in [0.25, 0.3) is 0 Å². The van der Waals surface area contributed by atoms with Crippen molar-refractivity contribution in [2.45, 2.75) is 54.3 Å². The summed E-state index contributed by atoms with van der Waals surface area (Å²) in [5, 5.41) is -0.131. The Kier molecular flexibility index (Phi) is 5.54. The van der Waals surface area contributed by atoms with Crippen LogP contribution in [0.3, 0.4) is 0 Å². The molecule has 2 aliphatic heterocycles. The van der Waals surface area contributed by atoms with Gasteiger partial charge in [-0.05, 0) is 19.1 Å². The molecule has 0 radical (unpaired) electrons. The lowest BCUT2D eigenvalue weighted by Crippen LogP contribution is -2.41. The van der Waals surface area contributed by atoms with Crippen LogP contribution in [-0.4, -0.2) is 68.5 Å². The summed E-state index contributed by atoms with van der Waals surface area (Å²) in [5.74, 6) is -0.757. The largest absolute Gasteiger partial charge is 0.280 e. The van der Waals surface area contributed by atoms with Crippen molar-refractivity contribution < 1.29 is 19.2 Å². The molecule has 2 unspecified atom stereocenters. The Labute approximate surface area is 150 Å². The molecule has 0 bridgehead atoms. The van der Waals surface area contributed by atoms with Crippen LogP contribution < -0.4 is 0 Å². The van der Waals surface area contributed by atoms with Crippen molar-refractivity contribution in [2.75, 3.05) is 19.3 Å². The van der Waals surface area contributed by atoms with Crippen LogP contribution in [0.4, 0.5) is 0 Å². The SMILES string of the molecule is CSC1CC(=O)N(CCN2C(=O)CC(SC3CCCC3)C2=O)C1=O. The molecule has 0 aromatic heterocycles. The highest BCUT2D eigenvalue weighted by Crippen LogP contribution is 2.36. The van der Waals surface area contributed by atoms with Gasteiger partial charge in [0.15, 0.2) is 0 Å². The number of carbonyl (C=O) groups is 4. The van der Waals surface area contributed by atoms with E-state index in [1.165, 1.54) is 34.4 Å². The fraction of sp³-hybridized carbons (Fsp3) is 0.750. The van der Waals surface area contributed by atoms with Gasteiger partial charge in [-0.25, -0.2) is 0 Å². The molecule has 132 valence electrons. The molecule has 0 N–H and O–H groups in total. The lowest BCUT2D eigenvalue weighted by Gasteiger charge is -2.20. The van der Waals surface area contributed by atoms with E-state index in [0.29, 0.717) is 5.25 Å². The van der Waals surface area contributed by atoms with Crippen LogP contribution in [0.1, 0.15) is 38.5 Å². The first-order chi connectivity index (χ1) is 11.5. The zero-order chi connectivity index (χ0) is 17.3. The van der Waals surface area contributed by atoms with Crippen molar-refractivity contribution in [1.82, 2.24) is 9.80 Å². The normalized spacial score (nSPS) is 28.7. The monoisotopic (exact) mass is 370 g/mol. The van der Waals surface area contributed by atoms with Crippen LogP contribution in [-0.2, 0) is 19.2 Å². The van der Waals surface area contributed by atoms with Crippen LogP contribution in [0, 0.1) is 0 Å². The summed E-state index contributed by atoms with van der Waals surface area (Å²) in [7, 11) is 0. The molecule has 24 heavy (non-hydrogen) atoms. The summed E-state index contributed by atoms with van der Waals surface area (Å²) < 4.78 is 0. The minimum atomic E-state index is -0.326. The van der Waals surface area contributed by atoms with Crippen LogP contribution in [0.5, 0.6) is 0 Å². The third-order valence-corrected chi connectivity index (χ3v) is 7.39. The standard InChI is InChI=1S/C16H22N2O4S2/c1-23-11-8-13(19)17(15(11)21)6-7-18-14(20)9-12(16(18)22)24-10-4-2-3-5-10/h10-12H,2-9H2,1H3. The van der Waals surface area contributed by atoms with Crippen molar-refractivity contribution >= 4 is 47.2 Å². The van der Waals surface area contributed by atoms with E-state index in [4.69, 9.17) is 0 Å². The Morgan fingerprint density at radius 3 is 1.88 bits per heavy atom. The molecule has 2 atom stereocenters. The Morgan fingerprint density at radius 1 is 0.875 bits per heavy atom. The summed E-state index contributed by atoms with van der Waals surface area (Å²) in [6.45, 7) is 0.241. The average Bonchev–Trinajstić information content (AvgIpc) is 3.22. The van der Waals surface area contributed by atoms with Crippen molar-refractivity contribution in [3.63, 3.8) is 0 Å². The molecule has 6 nitrogen and oxygen atoms in total. The van der Waals surface area contributed by atoms with Gasteiger partial charge >= 0.3 is 0 Å². The maximum absolute atomic E-state index is 12.5. The van der Waals surface area contributed by atoms with Gasteiger partial charge in [0.05, 0.1) is 10.5 Å². The first-order valence-corrected chi connectivity index (χ1v) is 10.6. The predicted octanol–water partition coefficient (Wildman–Crippen LogP) is 1.28. The minimum Gasteiger partial charge on any atom is -0.280 e. The number of imide groups is 2. The maximum Gasteiger partial charge on any atom is 0.242 e. The highest BCUT2D eigenvalue weighted by atomic mass is 32.2. The smallest absolute Gasteiger partial charge is 0.242 e.